The van der Waals surface area contributed by atoms with Gasteiger partial charge in [-0.25, -0.2) is 0 Å². The summed E-state index contributed by atoms with van der Waals surface area (Å²) in [5.41, 5.74) is -0.196. The lowest BCUT2D eigenvalue weighted by Gasteiger charge is -2.10. The van der Waals surface area contributed by atoms with E-state index >= 15 is 0 Å². The number of nitrogens with zero attached hydrogens (tertiary/aromatic N) is 3. The summed E-state index contributed by atoms with van der Waals surface area (Å²) in [6.45, 7) is 0. The van der Waals surface area contributed by atoms with Crippen LogP contribution < -0.4 is 10.3 Å². The molecule has 0 radical (unpaired) electrons. The van der Waals surface area contributed by atoms with Crippen LogP contribution in [0, 0.1) is 10.1 Å². The number of non-ortho nitro benzene ring substituents is 1. The Morgan fingerprint density at radius 3 is 2.44 bits per heavy atom. The lowest BCUT2D eigenvalue weighted by atomic mass is 10.3. The fraction of sp³-hybridized carbons (Fsp3) is 0. The molecule has 7 nitrogen and oxygen atoms in total. The number of nitro groups is 1. The predicted octanol–water partition coefficient (Wildman–Crippen LogP) is 4.24. The molecule has 0 atom stereocenters. The molecule has 0 spiro atoms. The highest BCUT2D eigenvalue weighted by Gasteiger charge is 2.15. The molecule has 0 aliphatic heterocycles. The summed E-state index contributed by atoms with van der Waals surface area (Å²) in [5, 5.41) is 14.6. The Labute approximate surface area is 151 Å². The molecule has 1 heterocycles. The third-order valence-electron chi connectivity index (χ3n) is 3.23. The molecule has 0 saturated heterocycles. The molecule has 0 bridgehead atoms. The van der Waals surface area contributed by atoms with Gasteiger partial charge in [-0.3, -0.25) is 14.9 Å². The van der Waals surface area contributed by atoms with Crippen LogP contribution in [0.5, 0.6) is 11.5 Å². The van der Waals surface area contributed by atoms with Crippen molar-refractivity contribution in [1.29, 1.82) is 0 Å². The first-order valence-electron chi connectivity index (χ1n) is 6.92. The van der Waals surface area contributed by atoms with Gasteiger partial charge in [-0.15, -0.1) is 0 Å². The Bertz CT molecular complexity index is 1010. The smallest absolute Gasteiger partial charge is 0.294 e. The van der Waals surface area contributed by atoms with Crippen molar-refractivity contribution >= 4 is 28.9 Å². The molecule has 25 heavy (non-hydrogen) atoms. The third-order valence-corrected chi connectivity index (χ3v) is 3.88. The van der Waals surface area contributed by atoms with Crippen LogP contribution in [0.1, 0.15) is 0 Å². The van der Waals surface area contributed by atoms with Crippen LogP contribution in [0.4, 0.5) is 5.69 Å². The number of rotatable bonds is 4. The highest BCUT2D eigenvalue weighted by Crippen LogP contribution is 2.34. The lowest BCUT2D eigenvalue weighted by Crippen LogP contribution is -2.21. The van der Waals surface area contributed by atoms with E-state index in [1.54, 1.807) is 24.3 Å². The number of benzene rings is 2. The number of hydrogen-bond acceptors (Lipinski definition) is 5. The molecule has 9 heteroatoms. The van der Waals surface area contributed by atoms with Crippen molar-refractivity contribution in [1.82, 2.24) is 9.78 Å². The van der Waals surface area contributed by atoms with E-state index < -0.39 is 10.5 Å². The van der Waals surface area contributed by atoms with E-state index in [9.17, 15) is 14.9 Å². The van der Waals surface area contributed by atoms with Crippen LogP contribution >= 0.6 is 23.2 Å². The van der Waals surface area contributed by atoms with Gasteiger partial charge in [0.05, 0.1) is 21.8 Å². The highest BCUT2D eigenvalue weighted by molar-refractivity contribution is 6.32. The van der Waals surface area contributed by atoms with Crippen molar-refractivity contribution in [2.24, 2.45) is 0 Å². The molecule has 0 N–H and O–H groups in total. The Balaban J connectivity index is 1.96. The Morgan fingerprint density at radius 2 is 1.80 bits per heavy atom. The summed E-state index contributed by atoms with van der Waals surface area (Å²) in [7, 11) is 0. The molecule has 1 aromatic heterocycles. The summed E-state index contributed by atoms with van der Waals surface area (Å²) in [6.07, 6.45) is 1.27. The zero-order valence-electron chi connectivity index (χ0n) is 12.4. The summed E-state index contributed by atoms with van der Waals surface area (Å²) in [6, 6.07) is 12.4. The molecule has 0 aliphatic rings. The lowest BCUT2D eigenvalue weighted by molar-refractivity contribution is -0.384. The molecular formula is C16H9Cl2N3O4. The van der Waals surface area contributed by atoms with Gasteiger partial charge in [-0.1, -0.05) is 41.4 Å². The minimum Gasteiger partial charge on any atom is -0.452 e. The largest absolute Gasteiger partial charge is 0.452 e. The fourth-order valence-electron chi connectivity index (χ4n) is 2.05. The van der Waals surface area contributed by atoms with Crippen LogP contribution in [0.2, 0.25) is 10.0 Å². The van der Waals surface area contributed by atoms with Gasteiger partial charge in [-0.2, -0.15) is 9.78 Å². The van der Waals surface area contributed by atoms with Gasteiger partial charge in [-0.05, 0) is 18.2 Å². The van der Waals surface area contributed by atoms with E-state index in [2.05, 4.69) is 5.10 Å². The van der Waals surface area contributed by atoms with Gasteiger partial charge in [0.15, 0.2) is 10.8 Å². The molecule has 0 saturated carbocycles. The van der Waals surface area contributed by atoms with Crippen molar-refractivity contribution in [3.8, 4) is 17.2 Å². The van der Waals surface area contributed by atoms with Crippen molar-refractivity contribution in [2.45, 2.75) is 0 Å². The zero-order valence-corrected chi connectivity index (χ0v) is 13.9. The van der Waals surface area contributed by atoms with Gasteiger partial charge in [0.25, 0.3) is 11.2 Å². The number of para-hydroxylation sites is 1. The maximum Gasteiger partial charge on any atom is 0.294 e. The van der Waals surface area contributed by atoms with E-state index in [4.69, 9.17) is 27.9 Å². The standard InChI is InChI=1S/C16H9Cl2N3O4/c17-12-8-11(21(23)24)6-7-13(12)25-14-9-19-20(16(22)15(14)18)10-4-2-1-3-5-10/h1-9H. The van der Waals surface area contributed by atoms with Crippen LogP contribution in [-0.2, 0) is 0 Å². The summed E-state index contributed by atoms with van der Waals surface area (Å²) < 4.78 is 6.62. The van der Waals surface area contributed by atoms with Crippen molar-refractivity contribution < 1.29 is 9.66 Å². The predicted molar refractivity (Wildman–Crippen MR) is 93.0 cm³/mol. The Hall–Kier alpha value is -2.90. The van der Waals surface area contributed by atoms with Crippen LogP contribution in [0.25, 0.3) is 5.69 Å². The van der Waals surface area contributed by atoms with Crippen LogP contribution in [0.3, 0.4) is 0 Å². The number of nitro benzene ring substituents is 1. The molecule has 126 valence electrons. The van der Waals surface area contributed by atoms with Crippen molar-refractivity contribution in [3.05, 3.63) is 85.2 Å². The van der Waals surface area contributed by atoms with Gasteiger partial charge < -0.3 is 4.74 Å². The van der Waals surface area contributed by atoms with Crippen molar-refractivity contribution in [2.75, 3.05) is 0 Å². The minimum atomic E-state index is -0.578. The third kappa shape index (κ3) is 3.47. The van der Waals surface area contributed by atoms with Crippen LogP contribution in [0.15, 0.2) is 59.5 Å². The maximum atomic E-state index is 12.4. The number of hydrogen-bond donors (Lipinski definition) is 0. The molecule has 0 unspecified atom stereocenters. The number of ether oxygens (including phenoxy) is 1. The topological polar surface area (TPSA) is 87.3 Å². The van der Waals surface area contributed by atoms with E-state index in [0.717, 1.165) is 10.7 Å². The first kappa shape index (κ1) is 16.9. The van der Waals surface area contributed by atoms with Gasteiger partial charge in [0.1, 0.15) is 5.75 Å². The second-order valence-corrected chi connectivity index (χ2v) is 5.63. The molecule has 3 aromatic rings. The molecule has 3 rings (SSSR count). The second-order valence-electron chi connectivity index (χ2n) is 4.85. The van der Waals surface area contributed by atoms with Gasteiger partial charge in [0, 0.05) is 12.1 Å². The van der Waals surface area contributed by atoms with Gasteiger partial charge >= 0.3 is 0 Å². The summed E-state index contributed by atoms with van der Waals surface area (Å²) in [4.78, 5) is 22.5. The van der Waals surface area contributed by atoms with E-state index in [1.165, 1.54) is 18.3 Å². The normalized spacial score (nSPS) is 10.5. The minimum absolute atomic E-state index is 0.00500. The highest BCUT2D eigenvalue weighted by atomic mass is 35.5. The van der Waals surface area contributed by atoms with Crippen LogP contribution in [-0.4, -0.2) is 14.7 Å². The molecule has 0 aliphatic carbocycles. The molecule has 0 fully saturated rings. The average molecular weight is 378 g/mol. The first-order valence-corrected chi connectivity index (χ1v) is 7.68. The number of halogens is 2. The van der Waals surface area contributed by atoms with E-state index in [-0.39, 0.29) is 27.2 Å². The van der Waals surface area contributed by atoms with Crippen molar-refractivity contribution in [3.63, 3.8) is 0 Å². The fourth-order valence-corrected chi connectivity index (χ4v) is 2.43. The Kier molecular flexibility index (Phi) is 4.69. The number of aromatic nitrogens is 2. The summed E-state index contributed by atoms with van der Waals surface area (Å²) in [5.74, 6) is 0.113. The average Bonchev–Trinajstić information content (AvgIpc) is 2.61. The molecule has 0 amide bonds. The van der Waals surface area contributed by atoms with E-state index in [1.807, 2.05) is 6.07 Å². The Morgan fingerprint density at radius 1 is 1.08 bits per heavy atom. The van der Waals surface area contributed by atoms with Gasteiger partial charge in [0.2, 0.25) is 0 Å². The van der Waals surface area contributed by atoms with E-state index in [0.29, 0.717) is 5.69 Å². The molecule has 2 aromatic carbocycles. The second kappa shape index (κ2) is 6.92. The SMILES string of the molecule is O=c1c(Cl)c(Oc2ccc([N+](=O)[O-])cc2Cl)cnn1-c1ccccc1. The maximum absolute atomic E-state index is 12.4. The quantitative estimate of drug-likeness (QED) is 0.501. The molecular weight excluding hydrogens is 369 g/mol. The zero-order chi connectivity index (χ0) is 18.0. The summed E-state index contributed by atoms with van der Waals surface area (Å²) >= 11 is 12.0. The first-order chi connectivity index (χ1) is 12.0. The monoisotopic (exact) mass is 377 g/mol.